The fourth-order valence-corrected chi connectivity index (χ4v) is 1.63. The Kier molecular flexibility index (Phi) is 7.83. The van der Waals surface area contributed by atoms with Gasteiger partial charge in [0.1, 0.15) is 5.75 Å². The maximum absolute atomic E-state index is 9.53. The van der Waals surface area contributed by atoms with Gasteiger partial charge in [0.2, 0.25) is 0 Å². The van der Waals surface area contributed by atoms with Crippen molar-refractivity contribution in [2.45, 2.75) is 26.3 Å². The fourth-order valence-electron chi connectivity index (χ4n) is 1.22. The van der Waals surface area contributed by atoms with Gasteiger partial charge in [0.15, 0.2) is 0 Å². The SMILES string of the molecule is CCCCNCc1cc(Br)ccc1O.Cl. The van der Waals surface area contributed by atoms with Crippen LogP contribution < -0.4 is 5.32 Å². The second-order valence-corrected chi connectivity index (χ2v) is 4.22. The number of benzene rings is 1. The molecule has 0 radical (unpaired) electrons. The molecular weight excluding hydrogens is 277 g/mol. The molecule has 4 heteroatoms. The number of phenolic OH excluding ortho intramolecular Hbond substituents is 1. The first-order chi connectivity index (χ1) is 6.74. The molecule has 0 saturated carbocycles. The summed E-state index contributed by atoms with van der Waals surface area (Å²) in [6.07, 6.45) is 2.37. The summed E-state index contributed by atoms with van der Waals surface area (Å²) < 4.78 is 1.00. The third kappa shape index (κ3) is 5.40. The molecule has 0 unspecified atom stereocenters. The zero-order chi connectivity index (χ0) is 10.4. The topological polar surface area (TPSA) is 32.3 Å². The van der Waals surface area contributed by atoms with Crippen LogP contribution in [0.3, 0.4) is 0 Å². The van der Waals surface area contributed by atoms with E-state index in [1.807, 2.05) is 12.1 Å². The lowest BCUT2D eigenvalue weighted by molar-refractivity contribution is 0.464. The number of hydrogen-bond acceptors (Lipinski definition) is 2. The van der Waals surface area contributed by atoms with Crippen LogP contribution in [-0.2, 0) is 6.54 Å². The summed E-state index contributed by atoms with van der Waals surface area (Å²) in [6.45, 7) is 3.89. The highest BCUT2D eigenvalue weighted by molar-refractivity contribution is 9.10. The van der Waals surface area contributed by atoms with Crippen LogP contribution in [0.15, 0.2) is 22.7 Å². The minimum absolute atomic E-state index is 0. The number of nitrogens with one attached hydrogen (secondary N) is 1. The van der Waals surface area contributed by atoms with E-state index in [0.717, 1.165) is 23.1 Å². The van der Waals surface area contributed by atoms with Gasteiger partial charge in [-0.2, -0.15) is 0 Å². The first-order valence-electron chi connectivity index (χ1n) is 4.92. The molecule has 1 aromatic carbocycles. The molecule has 1 rings (SSSR count). The molecule has 0 aliphatic heterocycles. The van der Waals surface area contributed by atoms with E-state index in [2.05, 4.69) is 28.2 Å². The summed E-state index contributed by atoms with van der Waals surface area (Å²) >= 11 is 3.38. The van der Waals surface area contributed by atoms with Crippen molar-refractivity contribution in [1.29, 1.82) is 0 Å². The highest BCUT2D eigenvalue weighted by Crippen LogP contribution is 2.21. The fraction of sp³-hybridized carbons (Fsp3) is 0.455. The van der Waals surface area contributed by atoms with E-state index >= 15 is 0 Å². The van der Waals surface area contributed by atoms with Crippen LogP contribution in [0.4, 0.5) is 0 Å². The Bertz CT molecular complexity index is 294. The summed E-state index contributed by atoms with van der Waals surface area (Å²) in [6, 6.07) is 5.49. The van der Waals surface area contributed by atoms with Crippen LogP contribution in [-0.4, -0.2) is 11.7 Å². The van der Waals surface area contributed by atoms with Gasteiger partial charge in [-0.15, -0.1) is 12.4 Å². The Hall–Kier alpha value is -0.250. The number of phenols is 1. The number of rotatable bonds is 5. The predicted octanol–water partition coefficient (Wildman–Crippen LogP) is 3.47. The number of aromatic hydroxyl groups is 1. The predicted molar refractivity (Wildman–Crippen MR) is 69.7 cm³/mol. The standard InChI is InChI=1S/C11H16BrNO.ClH/c1-2-3-6-13-8-9-7-10(12)4-5-11(9)14;/h4-5,7,13-14H,2-3,6,8H2,1H3;1H. The normalized spacial score (nSPS) is 9.73. The van der Waals surface area contributed by atoms with Crippen molar-refractivity contribution in [1.82, 2.24) is 5.32 Å². The van der Waals surface area contributed by atoms with Crippen LogP contribution >= 0.6 is 28.3 Å². The number of halogens is 2. The van der Waals surface area contributed by atoms with Crippen molar-refractivity contribution < 1.29 is 5.11 Å². The molecule has 2 nitrogen and oxygen atoms in total. The Labute approximate surface area is 106 Å². The lowest BCUT2D eigenvalue weighted by Crippen LogP contribution is -2.14. The van der Waals surface area contributed by atoms with E-state index in [-0.39, 0.29) is 12.4 Å². The Morgan fingerprint density at radius 3 is 2.80 bits per heavy atom. The molecule has 0 saturated heterocycles. The van der Waals surface area contributed by atoms with E-state index in [9.17, 15) is 5.11 Å². The van der Waals surface area contributed by atoms with Gasteiger partial charge in [0, 0.05) is 16.6 Å². The van der Waals surface area contributed by atoms with Crippen molar-refractivity contribution in [2.24, 2.45) is 0 Å². The molecule has 0 aromatic heterocycles. The average Bonchev–Trinajstić information content (AvgIpc) is 2.18. The maximum atomic E-state index is 9.53. The summed E-state index contributed by atoms with van der Waals surface area (Å²) in [5, 5.41) is 12.8. The quantitative estimate of drug-likeness (QED) is 0.815. The van der Waals surface area contributed by atoms with E-state index in [1.54, 1.807) is 6.07 Å². The van der Waals surface area contributed by atoms with Crippen LogP contribution in [0.2, 0.25) is 0 Å². The first-order valence-corrected chi connectivity index (χ1v) is 5.71. The van der Waals surface area contributed by atoms with Gasteiger partial charge in [0.25, 0.3) is 0 Å². The molecule has 0 amide bonds. The highest BCUT2D eigenvalue weighted by atomic mass is 79.9. The third-order valence-electron chi connectivity index (χ3n) is 2.06. The van der Waals surface area contributed by atoms with E-state index < -0.39 is 0 Å². The van der Waals surface area contributed by atoms with Crippen LogP contribution in [0.25, 0.3) is 0 Å². The third-order valence-corrected chi connectivity index (χ3v) is 2.56. The zero-order valence-corrected chi connectivity index (χ0v) is 11.2. The minimum atomic E-state index is 0. The van der Waals surface area contributed by atoms with Gasteiger partial charge < -0.3 is 10.4 Å². The average molecular weight is 295 g/mol. The Morgan fingerprint density at radius 1 is 1.40 bits per heavy atom. The molecular formula is C11H17BrClNO. The molecule has 0 aliphatic rings. The lowest BCUT2D eigenvalue weighted by atomic mass is 10.2. The lowest BCUT2D eigenvalue weighted by Gasteiger charge is -2.06. The Morgan fingerprint density at radius 2 is 2.13 bits per heavy atom. The second-order valence-electron chi connectivity index (χ2n) is 3.30. The molecule has 0 atom stereocenters. The van der Waals surface area contributed by atoms with Crippen molar-refractivity contribution in [3.05, 3.63) is 28.2 Å². The van der Waals surface area contributed by atoms with Crippen molar-refractivity contribution >= 4 is 28.3 Å². The minimum Gasteiger partial charge on any atom is -0.508 e. The second kappa shape index (κ2) is 7.97. The molecule has 15 heavy (non-hydrogen) atoms. The van der Waals surface area contributed by atoms with Crippen molar-refractivity contribution in [3.8, 4) is 5.75 Å². The monoisotopic (exact) mass is 293 g/mol. The number of unbranched alkanes of at least 4 members (excludes halogenated alkanes) is 1. The summed E-state index contributed by atoms with van der Waals surface area (Å²) in [7, 11) is 0. The largest absolute Gasteiger partial charge is 0.508 e. The van der Waals surface area contributed by atoms with Crippen molar-refractivity contribution in [3.63, 3.8) is 0 Å². The molecule has 2 N–H and O–H groups in total. The molecule has 0 bridgehead atoms. The van der Waals surface area contributed by atoms with Crippen molar-refractivity contribution in [2.75, 3.05) is 6.54 Å². The van der Waals surface area contributed by atoms with Gasteiger partial charge in [-0.05, 0) is 31.2 Å². The summed E-state index contributed by atoms with van der Waals surface area (Å²) in [5.41, 5.74) is 0.940. The van der Waals surface area contributed by atoms with Crippen LogP contribution in [0.1, 0.15) is 25.3 Å². The van der Waals surface area contributed by atoms with Gasteiger partial charge in [0.05, 0.1) is 0 Å². The van der Waals surface area contributed by atoms with Gasteiger partial charge >= 0.3 is 0 Å². The summed E-state index contributed by atoms with van der Waals surface area (Å²) in [5.74, 6) is 0.359. The highest BCUT2D eigenvalue weighted by Gasteiger charge is 2.00. The Balaban J connectivity index is 0.00000196. The molecule has 0 aliphatic carbocycles. The molecule has 0 heterocycles. The van der Waals surface area contributed by atoms with Gasteiger partial charge in [-0.1, -0.05) is 29.3 Å². The van der Waals surface area contributed by atoms with E-state index in [4.69, 9.17) is 0 Å². The van der Waals surface area contributed by atoms with Gasteiger partial charge in [-0.3, -0.25) is 0 Å². The van der Waals surface area contributed by atoms with E-state index in [1.165, 1.54) is 12.8 Å². The first kappa shape index (κ1) is 14.8. The zero-order valence-electron chi connectivity index (χ0n) is 8.79. The van der Waals surface area contributed by atoms with E-state index in [0.29, 0.717) is 5.75 Å². The molecule has 0 fully saturated rings. The molecule has 1 aromatic rings. The molecule has 86 valence electrons. The van der Waals surface area contributed by atoms with Gasteiger partial charge in [-0.25, -0.2) is 0 Å². The maximum Gasteiger partial charge on any atom is 0.120 e. The van der Waals surface area contributed by atoms with Crippen LogP contribution in [0.5, 0.6) is 5.75 Å². The smallest absolute Gasteiger partial charge is 0.120 e. The molecule has 0 spiro atoms. The summed E-state index contributed by atoms with van der Waals surface area (Å²) in [4.78, 5) is 0. The number of hydrogen-bond donors (Lipinski definition) is 2. The van der Waals surface area contributed by atoms with Crippen LogP contribution in [0, 0.1) is 0 Å².